The van der Waals surface area contributed by atoms with Crippen LogP contribution in [0.4, 0.5) is 17.8 Å². The van der Waals surface area contributed by atoms with Crippen LogP contribution >= 0.6 is 0 Å². The molecule has 0 radical (unpaired) electrons. The predicted octanol–water partition coefficient (Wildman–Crippen LogP) is -0.309. The molecule has 2 unspecified atom stereocenters. The SMILES string of the molecule is CCNc1nc(N(CC)CC)nc(N2CC(O)C(O)C2)n1. The van der Waals surface area contributed by atoms with Crippen LogP contribution in [0.3, 0.4) is 0 Å². The fourth-order valence-corrected chi connectivity index (χ4v) is 2.31. The molecule has 0 bridgehead atoms. The van der Waals surface area contributed by atoms with E-state index in [2.05, 4.69) is 20.3 Å². The fourth-order valence-electron chi connectivity index (χ4n) is 2.31. The summed E-state index contributed by atoms with van der Waals surface area (Å²) in [5, 5.41) is 22.5. The first-order valence-electron chi connectivity index (χ1n) is 7.44. The third-order valence-corrected chi connectivity index (χ3v) is 3.53. The van der Waals surface area contributed by atoms with Crippen LogP contribution in [-0.2, 0) is 0 Å². The van der Waals surface area contributed by atoms with Crippen molar-refractivity contribution < 1.29 is 10.2 Å². The lowest BCUT2D eigenvalue weighted by molar-refractivity contribution is 0.0572. The van der Waals surface area contributed by atoms with E-state index < -0.39 is 12.2 Å². The first-order valence-corrected chi connectivity index (χ1v) is 7.44. The van der Waals surface area contributed by atoms with E-state index in [1.54, 1.807) is 4.90 Å². The van der Waals surface area contributed by atoms with Crippen LogP contribution in [0, 0.1) is 0 Å². The van der Waals surface area contributed by atoms with Gasteiger partial charge in [0.1, 0.15) is 0 Å². The van der Waals surface area contributed by atoms with E-state index in [4.69, 9.17) is 0 Å². The van der Waals surface area contributed by atoms with Crippen LogP contribution in [0.2, 0.25) is 0 Å². The summed E-state index contributed by atoms with van der Waals surface area (Å²) in [4.78, 5) is 17.1. The highest BCUT2D eigenvalue weighted by Crippen LogP contribution is 2.20. The quantitative estimate of drug-likeness (QED) is 0.658. The van der Waals surface area contributed by atoms with Gasteiger partial charge in [0.15, 0.2) is 0 Å². The van der Waals surface area contributed by atoms with Crippen molar-refractivity contribution in [3.63, 3.8) is 0 Å². The van der Waals surface area contributed by atoms with Crippen molar-refractivity contribution in [1.82, 2.24) is 15.0 Å². The average molecular weight is 296 g/mol. The van der Waals surface area contributed by atoms with Crippen molar-refractivity contribution in [2.24, 2.45) is 0 Å². The molecule has 2 heterocycles. The maximum absolute atomic E-state index is 9.68. The van der Waals surface area contributed by atoms with Gasteiger partial charge in [-0.05, 0) is 20.8 Å². The minimum absolute atomic E-state index is 0.328. The van der Waals surface area contributed by atoms with Crippen LogP contribution < -0.4 is 15.1 Å². The molecule has 1 saturated heterocycles. The molecule has 0 saturated carbocycles. The number of anilines is 3. The Balaban J connectivity index is 2.31. The van der Waals surface area contributed by atoms with Crippen LogP contribution in [0.1, 0.15) is 20.8 Å². The molecule has 1 aliphatic heterocycles. The fraction of sp³-hybridized carbons (Fsp3) is 0.769. The number of β-amino-alcohol motifs (C(OH)–C–C–N with tert-alkyl or cyclic N) is 2. The van der Waals surface area contributed by atoms with Crippen molar-refractivity contribution in [2.75, 3.05) is 47.8 Å². The Hall–Kier alpha value is -1.67. The molecule has 0 aliphatic carbocycles. The van der Waals surface area contributed by atoms with E-state index in [0.29, 0.717) is 37.5 Å². The molecule has 8 nitrogen and oxygen atoms in total. The van der Waals surface area contributed by atoms with E-state index in [-0.39, 0.29) is 0 Å². The Morgan fingerprint density at radius 2 is 1.71 bits per heavy atom. The zero-order valence-corrected chi connectivity index (χ0v) is 12.8. The molecular weight excluding hydrogens is 272 g/mol. The highest BCUT2D eigenvalue weighted by Gasteiger charge is 2.31. The number of rotatable bonds is 6. The van der Waals surface area contributed by atoms with E-state index in [1.807, 2.05) is 25.7 Å². The standard InChI is InChI=1S/C13H24N6O2/c1-4-14-11-15-12(18(5-2)6-3)17-13(16-11)19-7-9(20)10(21)8-19/h9-10,20-21H,4-8H2,1-3H3,(H,14,15,16,17). The second-order valence-electron chi connectivity index (χ2n) is 5.00. The van der Waals surface area contributed by atoms with Gasteiger partial charge in [0.05, 0.1) is 12.2 Å². The van der Waals surface area contributed by atoms with Gasteiger partial charge in [-0.25, -0.2) is 0 Å². The number of aromatic nitrogens is 3. The van der Waals surface area contributed by atoms with Gasteiger partial charge in [-0.2, -0.15) is 15.0 Å². The molecule has 1 aromatic heterocycles. The van der Waals surface area contributed by atoms with Crippen molar-refractivity contribution in [1.29, 1.82) is 0 Å². The molecule has 21 heavy (non-hydrogen) atoms. The zero-order valence-electron chi connectivity index (χ0n) is 12.8. The van der Waals surface area contributed by atoms with Gasteiger partial charge in [0.2, 0.25) is 17.8 Å². The summed E-state index contributed by atoms with van der Waals surface area (Å²) in [6.07, 6.45) is -1.53. The first kappa shape index (κ1) is 15.7. The largest absolute Gasteiger partial charge is 0.388 e. The minimum atomic E-state index is -0.763. The summed E-state index contributed by atoms with van der Waals surface area (Å²) in [6.45, 7) is 9.04. The number of nitrogens with one attached hydrogen (secondary N) is 1. The predicted molar refractivity (Wildman–Crippen MR) is 81.8 cm³/mol. The van der Waals surface area contributed by atoms with Crippen LogP contribution in [-0.4, -0.2) is 70.1 Å². The van der Waals surface area contributed by atoms with Gasteiger partial charge in [0, 0.05) is 32.7 Å². The van der Waals surface area contributed by atoms with E-state index in [1.165, 1.54) is 0 Å². The van der Waals surface area contributed by atoms with Crippen molar-refractivity contribution in [2.45, 2.75) is 33.0 Å². The summed E-state index contributed by atoms with van der Waals surface area (Å²) in [6, 6.07) is 0. The Morgan fingerprint density at radius 1 is 1.10 bits per heavy atom. The Morgan fingerprint density at radius 3 is 2.24 bits per heavy atom. The Labute approximate surface area is 124 Å². The first-order chi connectivity index (χ1) is 10.1. The molecule has 2 rings (SSSR count). The second-order valence-corrected chi connectivity index (χ2v) is 5.00. The molecule has 1 fully saturated rings. The molecule has 0 amide bonds. The van der Waals surface area contributed by atoms with Crippen LogP contribution in [0.25, 0.3) is 0 Å². The highest BCUT2D eigenvalue weighted by atomic mass is 16.3. The van der Waals surface area contributed by atoms with Crippen molar-refractivity contribution in [3.05, 3.63) is 0 Å². The monoisotopic (exact) mass is 296 g/mol. The number of aliphatic hydroxyl groups is 2. The van der Waals surface area contributed by atoms with Crippen LogP contribution in [0.5, 0.6) is 0 Å². The smallest absolute Gasteiger partial charge is 0.232 e. The van der Waals surface area contributed by atoms with Gasteiger partial charge in [-0.15, -0.1) is 0 Å². The van der Waals surface area contributed by atoms with E-state index >= 15 is 0 Å². The highest BCUT2D eigenvalue weighted by molar-refractivity contribution is 5.46. The number of hydrogen-bond acceptors (Lipinski definition) is 8. The second kappa shape index (κ2) is 6.86. The van der Waals surface area contributed by atoms with Gasteiger partial charge in [-0.3, -0.25) is 0 Å². The normalized spacial score (nSPS) is 21.7. The summed E-state index contributed by atoms with van der Waals surface area (Å²) < 4.78 is 0. The maximum atomic E-state index is 9.68. The van der Waals surface area contributed by atoms with E-state index in [9.17, 15) is 10.2 Å². The minimum Gasteiger partial charge on any atom is -0.388 e. The molecule has 0 spiro atoms. The molecule has 3 N–H and O–H groups in total. The third-order valence-electron chi connectivity index (χ3n) is 3.53. The lowest BCUT2D eigenvalue weighted by Crippen LogP contribution is -2.28. The lowest BCUT2D eigenvalue weighted by Gasteiger charge is -2.22. The summed E-state index contributed by atoms with van der Waals surface area (Å²) in [5.74, 6) is 1.61. The molecule has 2 atom stereocenters. The number of hydrogen-bond donors (Lipinski definition) is 3. The van der Waals surface area contributed by atoms with E-state index in [0.717, 1.165) is 13.1 Å². The lowest BCUT2D eigenvalue weighted by atomic mass is 10.3. The molecule has 118 valence electrons. The zero-order chi connectivity index (χ0) is 15.4. The molecular formula is C13H24N6O2. The van der Waals surface area contributed by atoms with Crippen molar-refractivity contribution >= 4 is 17.8 Å². The number of aliphatic hydroxyl groups excluding tert-OH is 2. The Kier molecular flexibility index (Phi) is 5.13. The molecule has 0 aromatic carbocycles. The summed E-state index contributed by atoms with van der Waals surface area (Å²) in [5.41, 5.74) is 0. The van der Waals surface area contributed by atoms with Crippen molar-refractivity contribution in [3.8, 4) is 0 Å². The van der Waals surface area contributed by atoms with Crippen LogP contribution in [0.15, 0.2) is 0 Å². The molecule has 8 heteroatoms. The van der Waals surface area contributed by atoms with Gasteiger partial charge >= 0.3 is 0 Å². The third kappa shape index (κ3) is 3.51. The maximum Gasteiger partial charge on any atom is 0.232 e. The topological polar surface area (TPSA) is 97.6 Å². The van der Waals surface area contributed by atoms with Gasteiger partial charge in [0.25, 0.3) is 0 Å². The molecule has 1 aliphatic rings. The molecule has 1 aromatic rings. The van der Waals surface area contributed by atoms with Gasteiger partial charge in [-0.1, -0.05) is 0 Å². The summed E-state index contributed by atoms with van der Waals surface area (Å²) in [7, 11) is 0. The Bertz CT molecular complexity index is 458. The average Bonchev–Trinajstić information content (AvgIpc) is 2.80. The number of nitrogens with zero attached hydrogens (tertiary/aromatic N) is 5. The van der Waals surface area contributed by atoms with Gasteiger partial charge < -0.3 is 25.3 Å². The summed E-state index contributed by atoms with van der Waals surface area (Å²) >= 11 is 0.